The van der Waals surface area contributed by atoms with Gasteiger partial charge < -0.3 is 4.90 Å². The van der Waals surface area contributed by atoms with Gasteiger partial charge in [0.1, 0.15) is 6.33 Å². The van der Waals surface area contributed by atoms with Gasteiger partial charge in [-0.25, -0.2) is 9.97 Å². The number of piperidine rings is 1. The van der Waals surface area contributed by atoms with Crippen LogP contribution in [0.5, 0.6) is 0 Å². The molecule has 5 heteroatoms. The van der Waals surface area contributed by atoms with E-state index in [0.29, 0.717) is 11.5 Å². The molecule has 0 bridgehead atoms. The van der Waals surface area contributed by atoms with E-state index in [1.165, 1.54) is 17.3 Å². The number of hydrogen-bond donors (Lipinski definition) is 0. The summed E-state index contributed by atoms with van der Waals surface area (Å²) in [4.78, 5) is 27.4. The first-order valence-corrected chi connectivity index (χ1v) is 9.11. The molecule has 2 aromatic heterocycles. The Kier molecular flexibility index (Phi) is 4.61. The zero-order valence-electron chi connectivity index (χ0n) is 14.9. The van der Waals surface area contributed by atoms with Gasteiger partial charge in [0.05, 0.1) is 16.8 Å². The third-order valence-electron chi connectivity index (χ3n) is 5.19. The van der Waals surface area contributed by atoms with E-state index in [-0.39, 0.29) is 5.91 Å². The molecule has 132 valence electrons. The van der Waals surface area contributed by atoms with Crippen LogP contribution >= 0.6 is 0 Å². The van der Waals surface area contributed by atoms with Crippen LogP contribution in [0.1, 0.15) is 34.5 Å². The maximum Gasteiger partial charge on any atom is 0.257 e. The molecule has 1 amide bonds. The minimum atomic E-state index is 0.0485. The van der Waals surface area contributed by atoms with E-state index in [0.717, 1.165) is 43.6 Å². The van der Waals surface area contributed by atoms with E-state index in [9.17, 15) is 4.79 Å². The molecule has 4 rings (SSSR count). The summed E-state index contributed by atoms with van der Waals surface area (Å²) < 4.78 is 0. The highest BCUT2D eigenvalue weighted by atomic mass is 16.2. The second-order valence-corrected chi connectivity index (χ2v) is 6.97. The van der Waals surface area contributed by atoms with Gasteiger partial charge in [-0.15, -0.1) is 0 Å². The summed E-state index contributed by atoms with van der Waals surface area (Å²) in [5, 5.41) is 1.21. The number of nitrogens with zero attached hydrogens (tertiary/aromatic N) is 4. The quantitative estimate of drug-likeness (QED) is 0.729. The number of aryl methyl sites for hydroxylation is 1. The van der Waals surface area contributed by atoms with Gasteiger partial charge in [0.2, 0.25) is 0 Å². The molecule has 3 aromatic rings. The van der Waals surface area contributed by atoms with E-state index in [1.807, 2.05) is 30.2 Å². The number of rotatable bonds is 3. The Bertz CT molecular complexity index is 935. The van der Waals surface area contributed by atoms with E-state index in [4.69, 9.17) is 0 Å². The largest absolute Gasteiger partial charge is 0.338 e. The SMILES string of the molecule is Cc1ncncc1C(=O)N1CCC[C@H](Cc2cccc3ncccc23)C1. The summed E-state index contributed by atoms with van der Waals surface area (Å²) in [5.41, 5.74) is 3.70. The maximum atomic E-state index is 12.9. The van der Waals surface area contributed by atoms with Crippen molar-refractivity contribution in [1.82, 2.24) is 19.9 Å². The Labute approximate surface area is 153 Å². The van der Waals surface area contributed by atoms with Crippen LogP contribution in [0.2, 0.25) is 0 Å². The molecule has 1 fully saturated rings. The number of carbonyl (C=O) groups excluding carboxylic acids is 1. The molecule has 1 atom stereocenters. The summed E-state index contributed by atoms with van der Waals surface area (Å²) >= 11 is 0. The highest BCUT2D eigenvalue weighted by molar-refractivity contribution is 5.95. The molecule has 5 nitrogen and oxygen atoms in total. The van der Waals surface area contributed by atoms with Crippen molar-refractivity contribution in [2.24, 2.45) is 5.92 Å². The first-order valence-electron chi connectivity index (χ1n) is 9.11. The molecule has 1 saturated heterocycles. The van der Waals surface area contributed by atoms with Crippen molar-refractivity contribution in [2.45, 2.75) is 26.2 Å². The number of amides is 1. The summed E-state index contributed by atoms with van der Waals surface area (Å²) in [6.07, 6.45) is 8.09. The molecule has 0 saturated carbocycles. The van der Waals surface area contributed by atoms with Crippen LogP contribution in [0.4, 0.5) is 0 Å². The van der Waals surface area contributed by atoms with Crippen LogP contribution in [0.25, 0.3) is 10.9 Å². The zero-order valence-corrected chi connectivity index (χ0v) is 14.9. The zero-order chi connectivity index (χ0) is 17.9. The van der Waals surface area contributed by atoms with Gasteiger partial charge in [0.15, 0.2) is 0 Å². The third kappa shape index (κ3) is 3.29. The summed E-state index contributed by atoms with van der Waals surface area (Å²) in [7, 11) is 0. The van der Waals surface area contributed by atoms with Gasteiger partial charge in [0.25, 0.3) is 5.91 Å². The predicted molar refractivity (Wildman–Crippen MR) is 101 cm³/mol. The highest BCUT2D eigenvalue weighted by Gasteiger charge is 2.26. The van der Waals surface area contributed by atoms with Gasteiger partial charge in [-0.3, -0.25) is 9.78 Å². The van der Waals surface area contributed by atoms with Gasteiger partial charge in [0, 0.05) is 30.9 Å². The van der Waals surface area contributed by atoms with Gasteiger partial charge in [-0.1, -0.05) is 18.2 Å². The summed E-state index contributed by atoms with van der Waals surface area (Å²) in [5.74, 6) is 0.510. The topological polar surface area (TPSA) is 59.0 Å². The molecule has 1 aliphatic rings. The molecule has 0 aliphatic carbocycles. The molecule has 0 radical (unpaired) electrons. The first-order chi connectivity index (χ1) is 12.7. The Hall–Kier alpha value is -2.82. The average Bonchev–Trinajstić information content (AvgIpc) is 2.68. The molecule has 26 heavy (non-hydrogen) atoms. The van der Waals surface area contributed by atoms with Crippen molar-refractivity contribution in [3.63, 3.8) is 0 Å². The molecule has 3 heterocycles. The normalized spacial score (nSPS) is 17.4. The van der Waals surface area contributed by atoms with Crippen LogP contribution in [-0.4, -0.2) is 38.8 Å². The van der Waals surface area contributed by atoms with Crippen molar-refractivity contribution in [3.8, 4) is 0 Å². The standard InChI is InChI=1S/C21H22N4O/c1-15-19(12-22-14-24-15)21(26)25-10-4-5-16(13-25)11-17-6-2-8-20-18(17)7-3-9-23-20/h2-3,6-9,12,14,16H,4-5,10-11,13H2,1H3/t16-/m1/s1. The lowest BCUT2D eigenvalue weighted by Gasteiger charge is -2.33. The molecule has 0 N–H and O–H groups in total. The molecule has 0 unspecified atom stereocenters. The van der Waals surface area contributed by atoms with Crippen LogP contribution in [0, 0.1) is 12.8 Å². The summed E-state index contributed by atoms with van der Waals surface area (Å²) in [6.45, 7) is 3.45. The van der Waals surface area contributed by atoms with Crippen molar-refractivity contribution in [2.75, 3.05) is 13.1 Å². The fourth-order valence-electron chi connectivity index (χ4n) is 3.84. The van der Waals surface area contributed by atoms with Crippen LogP contribution in [0.15, 0.2) is 49.1 Å². The average molecular weight is 346 g/mol. The molecular formula is C21H22N4O. The van der Waals surface area contributed by atoms with E-state index < -0.39 is 0 Å². The molecule has 1 aliphatic heterocycles. The fourth-order valence-corrected chi connectivity index (χ4v) is 3.84. The lowest BCUT2D eigenvalue weighted by Crippen LogP contribution is -2.40. The van der Waals surface area contributed by atoms with Crippen molar-refractivity contribution in [1.29, 1.82) is 0 Å². The van der Waals surface area contributed by atoms with E-state index in [1.54, 1.807) is 6.20 Å². The van der Waals surface area contributed by atoms with Crippen LogP contribution < -0.4 is 0 Å². The third-order valence-corrected chi connectivity index (χ3v) is 5.19. The predicted octanol–water partition coefficient (Wildman–Crippen LogP) is 3.43. The molecular weight excluding hydrogens is 324 g/mol. The lowest BCUT2D eigenvalue weighted by molar-refractivity contribution is 0.0672. The number of benzene rings is 1. The molecule has 0 spiro atoms. The highest BCUT2D eigenvalue weighted by Crippen LogP contribution is 2.26. The van der Waals surface area contributed by atoms with Gasteiger partial charge in [-0.05, 0) is 49.8 Å². The minimum Gasteiger partial charge on any atom is -0.338 e. The van der Waals surface area contributed by atoms with Crippen LogP contribution in [-0.2, 0) is 6.42 Å². The van der Waals surface area contributed by atoms with Crippen molar-refractivity contribution < 1.29 is 4.79 Å². The Balaban J connectivity index is 1.52. The van der Waals surface area contributed by atoms with Crippen molar-refractivity contribution >= 4 is 16.8 Å². The monoisotopic (exact) mass is 346 g/mol. The van der Waals surface area contributed by atoms with E-state index >= 15 is 0 Å². The Morgan fingerprint density at radius 2 is 2.15 bits per heavy atom. The fraction of sp³-hybridized carbons (Fsp3) is 0.333. The number of aromatic nitrogens is 3. The maximum absolute atomic E-state index is 12.9. The Morgan fingerprint density at radius 3 is 3.04 bits per heavy atom. The smallest absolute Gasteiger partial charge is 0.257 e. The van der Waals surface area contributed by atoms with Gasteiger partial charge >= 0.3 is 0 Å². The number of hydrogen-bond acceptors (Lipinski definition) is 4. The first kappa shape index (κ1) is 16.6. The summed E-state index contributed by atoms with van der Waals surface area (Å²) in [6, 6.07) is 10.4. The number of pyridine rings is 1. The van der Waals surface area contributed by atoms with E-state index in [2.05, 4.69) is 33.2 Å². The second kappa shape index (κ2) is 7.20. The molecule has 1 aromatic carbocycles. The Morgan fingerprint density at radius 1 is 1.23 bits per heavy atom. The van der Waals surface area contributed by atoms with Gasteiger partial charge in [-0.2, -0.15) is 0 Å². The number of carbonyl (C=O) groups is 1. The number of likely N-dealkylation sites (tertiary alicyclic amines) is 1. The van der Waals surface area contributed by atoms with Crippen molar-refractivity contribution in [3.05, 3.63) is 65.9 Å². The van der Waals surface area contributed by atoms with Crippen LogP contribution in [0.3, 0.4) is 0 Å². The number of fused-ring (bicyclic) bond motifs is 1. The minimum absolute atomic E-state index is 0.0485. The lowest BCUT2D eigenvalue weighted by atomic mass is 9.89. The second-order valence-electron chi connectivity index (χ2n) is 6.97.